The summed E-state index contributed by atoms with van der Waals surface area (Å²) in [6.07, 6.45) is 4.01. The molecule has 0 saturated carbocycles. The summed E-state index contributed by atoms with van der Waals surface area (Å²) >= 11 is 2.72. The van der Waals surface area contributed by atoms with Crippen molar-refractivity contribution in [2.75, 3.05) is 11.1 Å². The number of thiophene rings is 1. The molecule has 1 aliphatic carbocycles. The van der Waals surface area contributed by atoms with Crippen molar-refractivity contribution in [3.8, 4) is 5.69 Å². The monoisotopic (exact) mass is 520 g/mol. The molecule has 0 unspecified atom stereocenters. The number of carbonyl (C=O) groups is 1. The fourth-order valence-electron chi connectivity index (χ4n) is 4.61. The van der Waals surface area contributed by atoms with E-state index in [4.69, 9.17) is 4.98 Å². The second-order valence-electron chi connectivity index (χ2n) is 8.83. The Balaban J connectivity index is 1.54. The third kappa shape index (κ3) is 4.54. The lowest BCUT2D eigenvalue weighted by molar-refractivity contribution is -0.383. The summed E-state index contributed by atoms with van der Waals surface area (Å²) in [5.74, 6) is -0.471. The SMILES string of the molecule is Cc1ccc(-n2c(SCC(=O)Nc3ccccc3[N+](=O)[O-])nc3sc4c(c3c2=O)CCCC4)c(C)c1. The van der Waals surface area contributed by atoms with E-state index in [1.807, 2.05) is 32.0 Å². The Bertz CT molecular complexity index is 1570. The summed E-state index contributed by atoms with van der Waals surface area (Å²) in [6.45, 7) is 3.96. The number of aromatic nitrogens is 2. The van der Waals surface area contributed by atoms with Gasteiger partial charge in [0.2, 0.25) is 5.91 Å². The van der Waals surface area contributed by atoms with E-state index in [9.17, 15) is 19.7 Å². The highest BCUT2D eigenvalue weighted by atomic mass is 32.2. The molecule has 2 heterocycles. The second kappa shape index (κ2) is 9.87. The maximum Gasteiger partial charge on any atom is 0.292 e. The Hall–Kier alpha value is -3.50. The summed E-state index contributed by atoms with van der Waals surface area (Å²) in [7, 11) is 0. The van der Waals surface area contributed by atoms with Crippen molar-refractivity contribution < 1.29 is 9.72 Å². The maximum absolute atomic E-state index is 13.9. The molecule has 8 nitrogen and oxygen atoms in total. The molecule has 0 bridgehead atoms. The van der Waals surface area contributed by atoms with E-state index >= 15 is 0 Å². The molecule has 2 aromatic carbocycles. The molecule has 2 aromatic heterocycles. The number of nitrogens with one attached hydrogen (secondary N) is 1. The van der Waals surface area contributed by atoms with Crippen LogP contribution in [-0.2, 0) is 17.6 Å². The lowest BCUT2D eigenvalue weighted by Crippen LogP contribution is -2.24. The number of anilines is 1. The molecular formula is C26H24N4O4S2. The van der Waals surface area contributed by atoms with Crippen LogP contribution in [0.1, 0.15) is 34.4 Å². The van der Waals surface area contributed by atoms with Gasteiger partial charge in [0.1, 0.15) is 10.5 Å². The molecule has 36 heavy (non-hydrogen) atoms. The molecular weight excluding hydrogens is 496 g/mol. The molecule has 1 N–H and O–H groups in total. The number of hydrogen-bond donors (Lipinski definition) is 1. The van der Waals surface area contributed by atoms with Gasteiger partial charge in [-0.15, -0.1) is 11.3 Å². The van der Waals surface area contributed by atoms with Gasteiger partial charge in [0.05, 0.1) is 21.7 Å². The van der Waals surface area contributed by atoms with E-state index in [1.54, 1.807) is 28.0 Å². The van der Waals surface area contributed by atoms with Crippen molar-refractivity contribution in [3.05, 3.63) is 84.5 Å². The quantitative estimate of drug-likeness (QED) is 0.154. The minimum absolute atomic E-state index is 0.0556. The molecule has 0 spiro atoms. The third-order valence-corrected chi connectivity index (χ3v) is 8.38. The lowest BCUT2D eigenvalue weighted by atomic mass is 9.97. The summed E-state index contributed by atoms with van der Waals surface area (Å²) in [5, 5.41) is 15.0. The van der Waals surface area contributed by atoms with Gasteiger partial charge in [0.15, 0.2) is 5.16 Å². The second-order valence-corrected chi connectivity index (χ2v) is 10.9. The van der Waals surface area contributed by atoms with E-state index in [0.29, 0.717) is 15.4 Å². The Morgan fingerprint density at radius 3 is 2.75 bits per heavy atom. The molecule has 0 radical (unpaired) electrons. The van der Waals surface area contributed by atoms with Crippen LogP contribution in [0.3, 0.4) is 0 Å². The largest absolute Gasteiger partial charge is 0.320 e. The van der Waals surface area contributed by atoms with Crippen molar-refractivity contribution in [1.29, 1.82) is 0 Å². The fourth-order valence-corrected chi connectivity index (χ4v) is 6.71. The van der Waals surface area contributed by atoms with Crippen LogP contribution in [0.2, 0.25) is 0 Å². The van der Waals surface area contributed by atoms with Gasteiger partial charge in [-0.3, -0.25) is 24.3 Å². The van der Waals surface area contributed by atoms with Gasteiger partial charge in [-0.25, -0.2) is 4.98 Å². The molecule has 184 valence electrons. The number of thioether (sulfide) groups is 1. The number of para-hydroxylation sites is 2. The molecule has 10 heteroatoms. The van der Waals surface area contributed by atoms with Crippen LogP contribution < -0.4 is 10.9 Å². The first-order valence-electron chi connectivity index (χ1n) is 11.6. The average Bonchev–Trinajstić information content (AvgIpc) is 3.22. The average molecular weight is 521 g/mol. The molecule has 0 atom stereocenters. The minimum atomic E-state index is -0.533. The summed E-state index contributed by atoms with van der Waals surface area (Å²) in [6, 6.07) is 11.9. The third-order valence-electron chi connectivity index (χ3n) is 6.26. The molecule has 1 aliphatic rings. The Morgan fingerprint density at radius 2 is 1.97 bits per heavy atom. The van der Waals surface area contributed by atoms with E-state index in [2.05, 4.69) is 5.32 Å². The number of nitrogens with zero attached hydrogens (tertiary/aromatic N) is 3. The summed E-state index contributed by atoms with van der Waals surface area (Å²) in [5.41, 5.74) is 3.71. The van der Waals surface area contributed by atoms with Crippen molar-refractivity contribution in [1.82, 2.24) is 9.55 Å². The van der Waals surface area contributed by atoms with Crippen molar-refractivity contribution in [3.63, 3.8) is 0 Å². The molecule has 0 saturated heterocycles. The van der Waals surface area contributed by atoms with Crippen molar-refractivity contribution in [2.24, 2.45) is 0 Å². The number of fused-ring (bicyclic) bond motifs is 3. The van der Waals surface area contributed by atoms with Gasteiger partial charge in [0.25, 0.3) is 11.2 Å². The molecule has 1 amide bonds. The predicted molar refractivity (Wildman–Crippen MR) is 144 cm³/mol. The Kier molecular flexibility index (Phi) is 6.63. The van der Waals surface area contributed by atoms with Crippen LogP contribution in [0.15, 0.2) is 52.4 Å². The summed E-state index contributed by atoms with van der Waals surface area (Å²) in [4.78, 5) is 44.2. The molecule has 0 aliphatic heterocycles. The Morgan fingerprint density at radius 1 is 1.19 bits per heavy atom. The maximum atomic E-state index is 13.9. The number of rotatable bonds is 6. The van der Waals surface area contributed by atoms with E-state index in [1.165, 1.54) is 17.0 Å². The smallest absolute Gasteiger partial charge is 0.292 e. The summed E-state index contributed by atoms with van der Waals surface area (Å²) < 4.78 is 1.61. The fraction of sp³-hybridized carbons (Fsp3) is 0.269. The standard InChI is InChI=1S/C26H24N4O4S2/c1-15-11-12-19(16(2)13-15)29-25(32)23-17-7-3-6-10-21(17)36-24(23)28-26(29)35-14-22(31)27-18-8-4-5-9-20(18)30(33)34/h4-5,8-9,11-13H,3,6-7,10,14H2,1-2H3,(H,27,31). The molecule has 4 aromatic rings. The Labute approximate surface area is 215 Å². The number of nitro groups is 1. The van der Waals surface area contributed by atoms with E-state index < -0.39 is 10.8 Å². The van der Waals surface area contributed by atoms with Crippen LogP contribution in [0.25, 0.3) is 15.9 Å². The molecule has 0 fully saturated rings. The van der Waals surface area contributed by atoms with E-state index in [-0.39, 0.29) is 22.7 Å². The van der Waals surface area contributed by atoms with Gasteiger partial charge >= 0.3 is 0 Å². The highest BCUT2D eigenvalue weighted by Crippen LogP contribution is 2.35. The van der Waals surface area contributed by atoms with Gasteiger partial charge in [-0.05, 0) is 62.8 Å². The van der Waals surface area contributed by atoms with Crippen molar-refractivity contribution in [2.45, 2.75) is 44.7 Å². The minimum Gasteiger partial charge on any atom is -0.320 e. The predicted octanol–water partition coefficient (Wildman–Crippen LogP) is 5.58. The van der Waals surface area contributed by atoms with Gasteiger partial charge < -0.3 is 5.32 Å². The number of nitro benzene ring substituents is 1. The number of carbonyl (C=O) groups excluding carboxylic acids is 1. The number of aryl methyl sites for hydroxylation is 4. The zero-order chi connectivity index (χ0) is 25.4. The first-order chi connectivity index (χ1) is 17.3. The first-order valence-corrected chi connectivity index (χ1v) is 13.4. The topological polar surface area (TPSA) is 107 Å². The van der Waals surface area contributed by atoms with Crippen LogP contribution >= 0.6 is 23.1 Å². The highest BCUT2D eigenvalue weighted by molar-refractivity contribution is 7.99. The number of hydrogen-bond acceptors (Lipinski definition) is 7. The van der Waals surface area contributed by atoms with Crippen LogP contribution in [0.5, 0.6) is 0 Å². The lowest BCUT2D eigenvalue weighted by Gasteiger charge is -2.15. The molecule has 5 rings (SSSR count). The zero-order valence-corrected chi connectivity index (χ0v) is 21.5. The number of benzene rings is 2. The van der Waals surface area contributed by atoms with Crippen LogP contribution in [0, 0.1) is 24.0 Å². The zero-order valence-electron chi connectivity index (χ0n) is 19.9. The van der Waals surface area contributed by atoms with Gasteiger partial charge in [0, 0.05) is 10.9 Å². The van der Waals surface area contributed by atoms with Crippen molar-refractivity contribution >= 4 is 50.6 Å². The van der Waals surface area contributed by atoms with Gasteiger partial charge in [-0.1, -0.05) is 41.6 Å². The van der Waals surface area contributed by atoms with Gasteiger partial charge in [-0.2, -0.15) is 0 Å². The first kappa shape index (κ1) is 24.2. The van der Waals surface area contributed by atoms with Crippen LogP contribution in [0.4, 0.5) is 11.4 Å². The van der Waals surface area contributed by atoms with Crippen LogP contribution in [-0.4, -0.2) is 26.1 Å². The van der Waals surface area contributed by atoms with E-state index in [0.717, 1.165) is 59.8 Å². The normalized spacial score (nSPS) is 12.9. The highest BCUT2D eigenvalue weighted by Gasteiger charge is 2.24. The number of amides is 1.